The molecular formula is C13H15NO3S. The van der Waals surface area contributed by atoms with Gasteiger partial charge in [0.1, 0.15) is 5.60 Å². The average molecular weight is 265 g/mol. The van der Waals surface area contributed by atoms with Crippen LogP contribution in [0.5, 0.6) is 0 Å². The number of ketones is 1. The molecule has 0 saturated heterocycles. The van der Waals surface area contributed by atoms with Crippen LogP contribution in [0.2, 0.25) is 0 Å². The van der Waals surface area contributed by atoms with Crippen molar-refractivity contribution < 1.29 is 14.7 Å². The summed E-state index contributed by atoms with van der Waals surface area (Å²) in [6.07, 6.45) is 0. The number of Topliss-reactive ketones (excluding diaryl/α,β-unsaturated/α-hetero) is 1. The number of hydrogen-bond acceptors (Lipinski definition) is 4. The minimum absolute atomic E-state index is 0.0691. The Hall–Kier alpha value is -1.33. The lowest BCUT2D eigenvalue weighted by Crippen LogP contribution is -2.31. The summed E-state index contributed by atoms with van der Waals surface area (Å²) in [5, 5.41) is 12.3. The maximum absolute atomic E-state index is 11.9. The highest BCUT2D eigenvalue weighted by Gasteiger charge is 2.28. The van der Waals surface area contributed by atoms with Crippen LogP contribution in [0.3, 0.4) is 0 Å². The van der Waals surface area contributed by atoms with Crippen LogP contribution in [0.4, 0.5) is 5.69 Å². The molecule has 2 N–H and O–H groups in total. The molecule has 1 amide bonds. The molecule has 1 aliphatic rings. The zero-order chi connectivity index (χ0) is 13.5. The van der Waals surface area contributed by atoms with Crippen molar-refractivity contribution in [3.63, 3.8) is 0 Å². The Bertz CT molecular complexity index is 519. The molecule has 1 aromatic rings. The molecule has 0 bridgehead atoms. The number of anilines is 1. The van der Waals surface area contributed by atoms with Crippen LogP contribution < -0.4 is 5.32 Å². The Morgan fingerprint density at radius 1 is 1.44 bits per heavy atom. The summed E-state index contributed by atoms with van der Waals surface area (Å²) in [4.78, 5) is 24.4. The Balaban J connectivity index is 2.37. The van der Waals surface area contributed by atoms with Gasteiger partial charge >= 0.3 is 0 Å². The smallest absolute Gasteiger partial charge is 0.237 e. The average Bonchev–Trinajstić information content (AvgIpc) is 2.28. The molecular weight excluding hydrogens is 250 g/mol. The molecule has 0 fully saturated rings. The molecule has 96 valence electrons. The predicted molar refractivity (Wildman–Crippen MR) is 71.0 cm³/mol. The summed E-state index contributed by atoms with van der Waals surface area (Å²) < 4.78 is 0. The van der Waals surface area contributed by atoms with Crippen molar-refractivity contribution in [1.29, 1.82) is 0 Å². The van der Waals surface area contributed by atoms with Gasteiger partial charge in [0.15, 0.2) is 5.78 Å². The third kappa shape index (κ3) is 2.42. The quantitative estimate of drug-likeness (QED) is 0.803. The number of benzene rings is 1. The lowest BCUT2D eigenvalue weighted by Gasteiger charge is -2.23. The summed E-state index contributed by atoms with van der Waals surface area (Å²) in [7, 11) is 0. The second-order valence-electron chi connectivity index (χ2n) is 4.85. The monoisotopic (exact) mass is 265 g/mol. The Morgan fingerprint density at radius 2 is 2.11 bits per heavy atom. The highest BCUT2D eigenvalue weighted by atomic mass is 32.2. The first-order valence-electron chi connectivity index (χ1n) is 5.68. The summed E-state index contributed by atoms with van der Waals surface area (Å²) in [5.41, 5.74) is -0.372. The Kier molecular flexibility index (Phi) is 3.21. The minimum atomic E-state index is -1.41. The van der Waals surface area contributed by atoms with Gasteiger partial charge in [-0.05, 0) is 32.9 Å². The number of thioether (sulfide) groups is 1. The van der Waals surface area contributed by atoms with E-state index < -0.39 is 5.60 Å². The van der Waals surface area contributed by atoms with Crippen LogP contribution in [-0.2, 0) is 4.79 Å². The van der Waals surface area contributed by atoms with Crippen molar-refractivity contribution in [1.82, 2.24) is 0 Å². The predicted octanol–water partition coefficient (Wildman–Crippen LogP) is 2.07. The Labute approximate surface area is 110 Å². The van der Waals surface area contributed by atoms with E-state index in [0.717, 1.165) is 4.90 Å². The standard InChI is InChI=1S/C13H15NO3S/c1-7-12(16)14-9-6-8(4-5-10(9)18-7)11(15)13(2,3)17/h4-7,17H,1-3H3,(H,14,16). The Morgan fingerprint density at radius 3 is 2.72 bits per heavy atom. The highest BCUT2D eigenvalue weighted by Crippen LogP contribution is 2.36. The number of fused-ring (bicyclic) bond motifs is 1. The van der Waals surface area contributed by atoms with Crippen LogP contribution in [0.15, 0.2) is 23.1 Å². The number of amides is 1. The van der Waals surface area contributed by atoms with Gasteiger partial charge in [-0.25, -0.2) is 0 Å². The van der Waals surface area contributed by atoms with E-state index >= 15 is 0 Å². The van der Waals surface area contributed by atoms with Gasteiger partial charge in [-0.15, -0.1) is 11.8 Å². The normalized spacial score (nSPS) is 19.1. The molecule has 5 heteroatoms. The maximum atomic E-state index is 11.9. The van der Waals surface area contributed by atoms with Crippen LogP contribution in [0.25, 0.3) is 0 Å². The van der Waals surface area contributed by atoms with Gasteiger partial charge < -0.3 is 10.4 Å². The van der Waals surface area contributed by atoms with Gasteiger partial charge in [0.05, 0.1) is 10.9 Å². The van der Waals surface area contributed by atoms with E-state index in [9.17, 15) is 14.7 Å². The molecule has 0 aromatic heterocycles. The van der Waals surface area contributed by atoms with E-state index in [0.29, 0.717) is 11.3 Å². The SMILES string of the molecule is CC1Sc2ccc(C(=O)C(C)(C)O)cc2NC1=O. The van der Waals surface area contributed by atoms with Gasteiger partial charge in [0.2, 0.25) is 5.91 Å². The largest absolute Gasteiger partial charge is 0.382 e. The third-order valence-electron chi connectivity index (χ3n) is 2.73. The summed E-state index contributed by atoms with van der Waals surface area (Å²) in [5.74, 6) is -0.427. The number of carbonyl (C=O) groups is 2. The number of rotatable bonds is 2. The topological polar surface area (TPSA) is 66.4 Å². The number of hydrogen-bond donors (Lipinski definition) is 2. The summed E-state index contributed by atoms with van der Waals surface area (Å²) in [6, 6.07) is 5.09. The first kappa shape index (κ1) is 13.1. The zero-order valence-electron chi connectivity index (χ0n) is 10.5. The summed E-state index contributed by atoms with van der Waals surface area (Å²) in [6.45, 7) is 4.73. The van der Waals surface area contributed by atoms with Gasteiger partial charge in [0, 0.05) is 10.5 Å². The molecule has 0 spiro atoms. The lowest BCUT2D eigenvalue weighted by molar-refractivity contribution is -0.115. The molecule has 4 nitrogen and oxygen atoms in total. The van der Waals surface area contributed by atoms with Crippen LogP contribution in [0.1, 0.15) is 31.1 Å². The van der Waals surface area contributed by atoms with Crippen molar-refractivity contribution in [2.24, 2.45) is 0 Å². The maximum Gasteiger partial charge on any atom is 0.237 e. The van der Waals surface area contributed by atoms with Crippen LogP contribution >= 0.6 is 11.8 Å². The molecule has 1 unspecified atom stereocenters. The van der Waals surface area contributed by atoms with E-state index in [1.807, 2.05) is 6.92 Å². The first-order valence-corrected chi connectivity index (χ1v) is 6.56. The van der Waals surface area contributed by atoms with Crippen molar-refractivity contribution in [2.75, 3.05) is 5.32 Å². The van der Waals surface area contributed by atoms with Crippen LogP contribution in [-0.4, -0.2) is 27.6 Å². The van der Waals surface area contributed by atoms with E-state index in [-0.39, 0.29) is 16.9 Å². The van der Waals surface area contributed by atoms with Crippen molar-refractivity contribution in [2.45, 2.75) is 36.5 Å². The van der Waals surface area contributed by atoms with Crippen molar-refractivity contribution in [3.05, 3.63) is 23.8 Å². The lowest BCUT2D eigenvalue weighted by atomic mass is 9.96. The van der Waals surface area contributed by atoms with Gasteiger partial charge in [-0.3, -0.25) is 9.59 Å². The first-order chi connectivity index (χ1) is 8.29. The fourth-order valence-electron chi connectivity index (χ4n) is 1.70. The van der Waals surface area contributed by atoms with Crippen molar-refractivity contribution in [3.8, 4) is 0 Å². The molecule has 1 heterocycles. The van der Waals surface area contributed by atoms with Gasteiger partial charge in [-0.1, -0.05) is 6.07 Å². The number of aliphatic hydroxyl groups is 1. The molecule has 0 radical (unpaired) electrons. The molecule has 1 aromatic carbocycles. The van der Waals surface area contributed by atoms with E-state index in [1.54, 1.807) is 18.2 Å². The molecule has 0 saturated carbocycles. The molecule has 18 heavy (non-hydrogen) atoms. The van der Waals surface area contributed by atoms with Gasteiger partial charge in [-0.2, -0.15) is 0 Å². The second kappa shape index (κ2) is 4.40. The van der Waals surface area contributed by atoms with E-state index in [1.165, 1.54) is 25.6 Å². The van der Waals surface area contributed by atoms with Gasteiger partial charge in [0.25, 0.3) is 0 Å². The minimum Gasteiger partial charge on any atom is -0.382 e. The fourth-order valence-corrected chi connectivity index (χ4v) is 2.63. The molecule has 1 aliphatic heterocycles. The second-order valence-corrected chi connectivity index (χ2v) is 6.23. The van der Waals surface area contributed by atoms with E-state index in [2.05, 4.69) is 5.32 Å². The zero-order valence-corrected chi connectivity index (χ0v) is 11.3. The third-order valence-corrected chi connectivity index (χ3v) is 3.91. The number of carbonyl (C=O) groups excluding carboxylic acids is 2. The highest BCUT2D eigenvalue weighted by molar-refractivity contribution is 8.00. The molecule has 1 atom stereocenters. The fraction of sp³-hybridized carbons (Fsp3) is 0.385. The summed E-state index contributed by atoms with van der Waals surface area (Å²) >= 11 is 1.46. The van der Waals surface area contributed by atoms with E-state index in [4.69, 9.17) is 0 Å². The van der Waals surface area contributed by atoms with Crippen molar-refractivity contribution >= 4 is 29.1 Å². The molecule has 0 aliphatic carbocycles. The van der Waals surface area contributed by atoms with Crippen LogP contribution in [0, 0.1) is 0 Å². The molecule has 2 rings (SSSR count). The number of nitrogens with one attached hydrogen (secondary N) is 1.